The van der Waals surface area contributed by atoms with E-state index in [1.807, 2.05) is 6.92 Å². The van der Waals surface area contributed by atoms with Gasteiger partial charge in [-0.05, 0) is 91.6 Å². The number of aryl methyl sites for hydroxylation is 3. The second-order valence-corrected chi connectivity index (χ2v) is 9.66. The Morgan fingerprint density at radius 1 is 0.848 bits per heavy atom. The molecule has 0 aliphatic rings. The summed E-state index contributed by atoms with van der Waals surface area (Å²) < 4.78 is 76.4. The number of rotatable bonds is 4. The van der Waals surface area contributed by atoms with Gasteiger partial charge in [-0.1, -0.05) is 40.2 Å². The van der Waals surface area contributed by atoms with Crippen molar-refractivity contribution in [3.63, 3.8) is 0 Å². The molecule has 0 bridgehead atoms. The molecule has 0 unspecified atom stereocenters. The minimum absolute atomic E-state index is 0. The maximum Gasteiger partial charge on any atom is 1.00 e. The van der Waals surface area contributed by atoms with Gasteiger partial charge in [-0.15, -0.1) is 0 Å². The van der Waals surface area contributed by atoms with Crippen molar-refractivity contribution in [3.05, 3.63) is 135 Å². The summed E-state index contributed by atoms with van der Waals surface area (Å²) in [4.78, 5) is 20.3. The molecular formula is C32H28BrF6KN2O4. The Labute approximate surface area is 313 Å². The standard InChI is InChI=1S/C9H6BrF3O.C8H6FN.C8H7FO2.C7H8FN.K.H2O/c10-4-6-1-2-7(8(11)3-6)9(12,13)5-14;1-6-2-3-7(5-10)8(9)4-6;1-5-2-3-6(8(10)11)7(9)4-5;1-5-2-3-7(9)6(8)4-5;;/h1-3,5H,4H2;2-4H,1H3;2-4H,1H3,(H,10,11);2-4H,9H2,1H3;;1H2/q;;;;+1;/p-1. The van der Waals surface area contributed by atoms with Crippen LogP contribution in [0.1, 0.15) is 43.7 Å². The number of carboxylic acids is 1. The molecule has 0 fully saturated rings. The van der Waals surface area contributed by atoms with E-state index in [9.17, 15) is 35.9 Å². The summed E-state index contributed by atoms with van der Waals surface area (Å²) in [5, 5.41) is 17.1. The number of carbonyl (C=O) groups is 2. The molecule has 4 N–H and O–H groups in total. The number of aromatic carboxylic acids is 1. The molecule has 0 saturated heterocycles. The molecule has 0 heterocycles. The second kappa shape index (κ2) is 21.7. The number of nitrogen functional groups attached to an aromatic ring is 1. The van der Waals surface area contributed by atoms with E-state index in [-0.39, 0.29) is 79.5 Å². The minimum atomic E-state index is -3.76. The fourth-order valence-electron chi connectivity index (χ4n) is 3.11. The van der Waals surface area contributed by atoms with Crippen LogP contribution in [-0.4, -0.2) is 22.8 Å². The molecule has 46 heavy (non-hydrogen) atoms. The third kappa shape index (κ3) is 15.0. The van der Waals surface area contributed by atoms with Crippen molar-refractivity contribution < 1.29 is 97.9 Å². The van der Waals surface area contributed by atoms with Gasteiger partial charge in [0.05, 0.1) is 22.4 Å². The van der Waals surface area contributed by atoms with Gasteiger partial charge in [0.15, 0.2) is 6.29 Å². The summed E-state index contributed by atoms with van der Waals surface area (Å²) in [5.41, 5.74) is 7.32. The molecule has 6 nitrogen and oxygen atoms in total. The summed E-state index contributed by atoms with van der Waals surface area (Å²) in [6.45, 7) is 5.31. The van der Waals surface area contributed by atoms with Gasteiger partial charge in [0.25, 0.3) is 0 Å². The van der Waals surface area contributed by atoms with Gasteiger partial charge >= 0.3 is 63.3 Å². The topological polar surface area (TPSA) is 134 Å². The van der Waals surface area contributed by atoms with Crippen molar-refractivity contribution in [2.45, 2.75) is 32.0 Å². The number of carbonyl (C=O) groups excluding carboxylic acids is 1. The Kier molecular flexibility index (Phi) is 21.3. The molecule has 0 aliphatic heterocycles. The molecule has 14 heteroatoms. The molecule has 0 aliphatic carbocycles. The smallest absolute Gasteiger partial charge is 0.870 e. The quantitative estimate of drug-likeness (QED) is 0.0949. The number of halogens is 7. The average Bonchev–Trinajstić information content (AvgIpc) is 2.96. The van der Waals surface area contributed by atoms with Crippen LogP contribution in [0.25, 0.3) is 0 Å². The molecule has 4 rings (SSSR count). The summed E-state index contributed by atoms with van der Waals surface area (Å²) >= 11 is 3.06. The molecule has 0 spiro atoms. The van der Waals surface area contributed by atoms with Crippen LogP contribution < -0.4 is 57.1 Å². The molecule has 0 atom stereocenters. The minimum Gasteiger partial charge on any atom is -0.870 e. The van der Waals surface area contributed by atoms with Crippen LogP contribution >= 0.6 is 15.9 Å². The number of alkyl halides is 3. The Balaban J connectivity index is 0. The van der Waals surface area contributed by atoms with Gasteiger partial charge in [0.1, 0.15) is 29.3 Å². The monoisotopic (exact) mass is 736 g/mol. The first-order valence-electron chi connectivity index (χ1n) is 12.4. The number of nitriles is 1. The first kappa shape index (κ1) is 45.1. The third-order valence-electron chi connectivity index (χ3n) is 5.45. The van der Waals surface area contributed by atoms with Crippen LogP contribution in [0.5, 0.6) is 0 Å². The number of aldehydes is 1. The van der Waals surface area contributed by atoms with Crippen LogP contribution in [0.3, 0.4) is 0 Å². The van der Waals surface area contributed by atoms with Gasteiger partial charge in [0, 0.05) is 5.33 Å². The van der Waals surface area contributed by atoms with E-state index in [2.05, 4.69) is 15.9 Å². The molecule has 0 amide bonds. The van der Waals surface area contributed by atoms with Crippen LogP contribution in [0.2, 0.25) is 0 Å². The van der Waals surface area contributed by atoms with Gasteiger partial charge < -0.3 is 16.3 Å². The fraction of sp³-hybridized carbons (Fsp3) is 0.156. The number of anilines is 1. The van der Waals surface area contributed by atoms with Crippen molar-refractivity contribution in [2.75, 3.05) is 5.73 Å². The normalized spacial score (nSPS) is 9.59. The number of benzene rings is 4. The third-order valence-corrected chi connectivity index (χ3v) is 6.10. The van der Waals surface area contributed by atoms with E-state index in [1.54, 1.807) is 44.2 Å². The van der Waals surface area contributed by atoms with Crippen molar-refractivity contribution in [1.82, 2.24) is 0 Å². The van der Waals surface area contributed by atoms with Crippen molar-refractivity contribution in [1.29, 1.82) is 5.26 Å². The summed E-state index contributed by atoms with van der Waals surface area (Å²) in [7, 11) is 0. The van der Waals surface area contributed by atoms with Gasteiger partial charge in [-0.25, -0.2) is 22.4 Å². The zero-order valence-corrected chi connectivity index (χ0v) is 29.8. The molecule has 240 valence electrons. The molecule has 0 radical (unpaired) electrons. The number of nitrogens with zero attached hydrogens (tertiary/aromatic N) is 1. The van der Waals surface area contributed by atoms with Gasteiger partial charge in [0.2, 0.25) is 0 Å². The predicted molar refractivity (Wildman–Crippen MR) is 160 cm³/mol. The molecule has 0 aromatic heterocycles. The Hall–Kier alpha value is -3.03. The van der Waals surface area contributed by atoms with E-state index >= 15 is 0 Å². The average molecular weight is 738 g/mol. The van der Waals surface area contributed by atoms with Crippen LogP contribution in [0, 0.1) is 55.4 Å². The van der Waals surface area contributed by atoms with Gasteiger partial charge in [-0.2, -0.15) is 14.0 Å². The van der Waals surface area contributed by atoms with E-state index < -0.39 is 41.2 Å². The van der Waals surface area contributed by atoms with Gasteiger partial charge in [-0.3, -0.25) is 4.79 Å². The summed E-state index contributed by atoms with van der Waals surface area (Å²) in [6, 6.07) is 18.3. The van der Waals surface area contributed by atoms with Crippen molar-refractivity contribution in [2.24, 2.45) is 0 Å². The first-order valence-corrected chi connectivity index (χ1v) is 13.5. The zero-order valence-electron chi connectivity index (χ0n) is 25.1. The van der Waals surface area contributed by atoms with Crippen LogP contribution in [-0.2, 0) is 16.0 Å². The maximum atomic E-state index is 13.1. The first-order chi connectivity index (χ1) is 20.6. The number of hydrogen-bond donors (Lipinski definition) is 2. The number of carboxylic acid groups (broad SMARTS) is 1. The van der Waals surface area contributed by atoms with E-state index in [0.29, 0.717) is 16.5 Å². The van der Waals surface area contributed by atoms with Crippen molar-refractivity contribution in [3.8, 4) is 6.07 Å². The predicted octanol–water partition coefficient (Wildman–Crippen LogP) is 5.39. The summed E-state index contributed by atoms with van der Waals surface area (Å²) in [5.74, 6) is -7.52. The second-order valence-electron chi connectivity index (χ2n) is 9.10. The maximum absolute atomic E-state index is 13.1. The largest absolute Gasteiger partial charge is 1.00 e. The van der Waals surface area contributed by atoms with Crippen molar-refractivity contribution >= 4 is 33.9 Å². The number of hydrogen-bond acceptors (Lipinski definition) is 5. The summed E-state index contributed by atoms with van der Waals surface area (Å²) in [6.07, 6.45) is -0.570. The molecule has 0 saturated carbocycles. The van der Waals surface area contributed by atoms with Crippen LogP contribution in [0.15, 0.2) is 72.8 Å². The zero-order chi connectivity index (χ0) is 33.6. The Morgan fingerprint density at radius 2 is 1.35 bits per heavy atom. The van der Waals surface area contributed by atoms with E-state index in [0.717, 1.165) is 23.3 Å². The SMILES string of the molecule is Cc1ccc(C#N)c(F)c1.Cc1ccc(C(=O)O)c(F)c1.Cc1ccc(N)c(F)c1.O=CC(F)(F)c1ccc(CBr)cc1F.[K+].[OH-]. The molecule has 4 aromatic rings. The van der Waals surface area contributed by atoms with E-state index in [4.69, 9.17) is 16.1 Å². The number of nitrogens with two attached hydrogens (primary N) is 1. The van der Waals surface area contributed by atoms with E-state index in [1.165, 1.54) is 36.4 Å². The van der Waals surface area contributed by atoms with Crippen LogP contribution in [0.4, 0.5) is 32.0 Å². The molecular weight excluding hydrogens is 709 g/mol. The Morgan fingerprint density at radius 3 is 1.74 bits per heavy atom. The fourth-order valence-corrected chi connectivity index (χ4v) is 3.46. The molecule has 4 aromatic carbocycles. The Bertz CT molecular complexity index is 1650.